The third-order valence-corrected chi connectivity index (χ3v) is 2.79. The van der Waals surface area contributed by atoms with Crippen LogP contribution in [0.1, 0.15) is 13.8 Å². The highest BCUT2D eigenvalue weighted by Gasteiger charge is 2.03. The lowest BCUT2D eigenvalue weighted by Gasteiger charge is -2.12. The van der Waals surface area contributed by atoms with Crippen LogP contribution >= 0.6 is 11.8 Å². The number of para-hydroxylation sites is 1. The summed E-state index contributed by atoms with van der Waals surface area (Å²) in [7, 11) is 0. The van der Waals surface area contributed by atoms with E-state index >= 15 is 0 Å². The second-order valence-corrected chi connectivity index (χ2v) is 5.00. The molecule has 0 saturated carbocycles. The molecule has 0 unspecified atom stereocenters. The number of benzene rings is 1. The van der Waals surface area contributed by atoms with Gasteiger partial charge in [0.1, 0.15) is 0 Å². The molecular formula is C11H18N2S. The van der Waals surface area contributed by atoms with Crippen LogP contribution in [0, 0.1) is 0 Å². The first-order valence-corrected chi connectivity index (χ1v) is 5.81. The smallest absolute Gasteiger partial charge is 0.0478 e. The van der Waals surface area contributed by atoms with Gasteiger partial charge in [0.15, 0.2) is 0 Å². The zero-order chi connectivity index (χ0) is 10.4. The molecule has 3 heteroatoms. The van der Waals surface area contributed by atoms with E-state index in [1.54, 1.807) is 0 Å². The van der Waals surface area contributed by atoms with Crippen molar-refractivity contribution in [1.29, 1.82) is 0 Å². The molecule has 0 aliphatic carbocycles. The molecule has 14 heavy (non-hydrogen) atoms. The lowest BCUT2D eigenvalue weighted by atomic mass is 10.3. The van der Waals surface area contributed by atoms with Gasteiger partial charge in [0.2, 0.25) is 0 Å². The van der Waals surface area contributed by atoms with Gasteiger partial charge in [0.05, 0.1) is 0 Å². The first kappa shape index (κ1) is 11.4. The minimum Gasteiger partial charge on any atom is -0.383 e. The van der Waals surface area contributed by atoms with E-state index in [4.69, 9.17) is 5.73 Å². The molecule has 0 radical (unpaired) electrons. The number of hydrogen-bond donors (Lipinski definition) is 2. The van der Waals surface area contributed by atoms with E-state index < -0.39 is 0 Å². The van der Waals surface area contributed by atoms with Crippen molar-refractivity contribution in [1.82, 2.24) is 0 Å². The highest BCUT2D eigenvalue weighted by molar-refractivity contribution is 8.00. The van der Waals surface area contributed by atoms with Crippen LogP contribution < -0.4 is 11.1 Å². The first-order valence-electron chi connectivity index (χ1n) is 4.93. The fourth-order valence-electron chi connectivity index (χ4n) is 1.18. The highest BCUT2D eigenvalue weighted by Crippen LogP contribution is 2.29. The van der Waals surface area contributed by atoms with Crippen molar-refractivity contribution >= 4 is 17.4 Å². The number of anilines is 1. The van der Waals surface area contributed by atoms with Crippen molar-refractivity contribution < 1.29 is 0 Å². The molecule has 2 nitrogen and oxygen atoms in total. The maximum absolute atomic E-state index is 5.46. The second-order valence-electron chi connectivity index (χ2n) is 3.38. The monoisotopic (exact) mass is 210 g/mol. The van der Waals surface area contributed by atoms with Crippen LogP contribution in [0.4, 0.5) is 5.69 Å². The Morgan fingerprint density at radius 1 is 1.36 bits per heavy atom. The summed E-state index contributed by atoms with van der Waals surface area (Å²) in [6.45, 7) is 5.89. The Morgan fingerprint density at radius 3 is 2.71 bits per heavy atom. The lowest BCUT2D eigenvalue weighted by Crippen LogP contribution is -2.13. The van der Waals surface area contributed by atoms with Gasteiger partial charge in [0, 0.05) is 28.9 Å². The SMILES string of the molecule is CC(C)Sc1ccccc1NCCN. The number of hydrogen-bond acceptors (Lipinski definition) is 3. The molecule has 0 saturated heterocycles. The van der Waals surface area contributed by atoms with Crippen molar-refractivity contribution in [3.8, 4) is 0 Å². The van der Waals surface area contributed by atoms with E-state index in [9.17, 15) is 0 Å². The van der Waals surface area contributed by atoms with Crippen LogP contribution in [0.5, 0.6) is 0 Å². The second kappa shape index (κ2) is 5.94. The summed E-state index contributed by atoms with van der Waals surface area (Å²) in [6.07, 6.45) is 0. The van der Waals surface area contributed by atoms with Gasteiger partial charge in [0.25, 0.3) is 0 Å². The van der Waals surface area contributed by atoms with E-state index in [2.05, 4.69) is 37.4 Å². The number of nitrogens with two attached hydrogens (primary N) is 1. The Hall–Kier alpha value is -0.670. The van der Waals surface area contributed by atoms with Gasteiger partial charge in [-0.15, -0.1) is 11.8 Å². The Bertz CT molecular complexity index is 274. The van der Waals surface area contributed by atoms with E-state index in [0.29, 0.717) is 11.8 Å². The summed E-state index contributed by atoms with van der Waals surface area (Å²) in [5, 5.41) is 3.93. The van der Waals surface area contributed by atoms with Gasteiger partial charge < -0.3 is 11.1 Å². The Balaban J connectivity index is 2.69. The molecule has 3 N–H and O–H groups in total. The van der Waals surface area contributed by atoms with Crippen molar-refractivity contribution in [3.05, 3.63) is 24.3 Å². The average Bonchev–Trinajstić information content (AvgIpc) is 2.16. The molecule has 0 aliphatic rings. The molecule has 78 valence electrons. The third-order valence-electron chi connectivity index (χ3n) is 1.71. The molecule has 0 bridgehead atoms. The van der Waals surface area contributed by atoms with E-state index in [1.165, 1.54) is 10.6 Å². The van der Waals surface area contributed by atoms with Crippen LogP contribution in [0.25, 0.3) is 0 Å². The molecule has 0 spiro atoms. The molecule has 0 atom stereocenters. The average molecular weight is 210 g/mol. The molecule has 0 heterocycles. The lowest BCUT2D eigenvalue weighted by molar-refractivity contribution is 1.02. The molecule has 0 aromatic heterocycles. The molecule has 0 fully saturated rings. The topological polar surface area (TPSA) is 38.0 Å². The maximum atomic E-state index is 5.46. The fourth-order valence-corrected chi connectivity index (χ4v) is 2.11. The van der Waals surface area contributed by atoms with Crippen molar-refractivity contribution in [2.24, 2.45) is 5.73 Å². The largest absolute Gasteiger partial charge is 0.383 e. The van der Waals surface area contributed by atoms with Gasteiger partial charge in [-0.1, -0.05) is 26.0 Å². The maximum Gasteiger partial charge on any atom is 0.0478 e. The van der Waals surface area contributed by atoms with Gasteiger partial charge in [-0.3, -0.25) is 0 Å². The standard InChI is InChI=1S/C11H18N2S/c1-9(2)14-11-6-4-3-5-10(11)13-8-7-12/h3-6,9,13H,7-8,12H2,1-2H3. The summed E-state index contributed by atoms with van der Waals surface area (Å²) in [4.78, 5) is 1.30. The van der Waals surface area contributed by atoms with Gasteiger partial charge >= 0.3 is 0 Å². The molecule has 1 rings (SSSR count). The van der Waals surface area contributed by atoms with Crippen LogP contribution in [0.15, 0.2) is 29.2 Å². The molecule has 1 aromatic rings. The van der Waals surface area contributed by atoms with Crippen molar-refractivity contribution in [2.45, 2.75) is 24.0 Å². The van der Waals surface area contributed by atoms with E-state index in [0.717, 1.165) is 6.54 Å². The summed E-state index contributed by atoms with van der Waals surface area (Å²) in [5.74, 6) is 0. The quantitative estimate of drug-likeness (QED) is 0.734. The minimum atomic E-state index is 0.607. The number of nitrogens with one attached hydrogen (secondary N) is 1. The Kier molecular flexibility index (Phi) is 4.84. The first-order chi connectivity index (χ1) is 6.74. The molecule has 0 aliphatic heterocycles. The number of thioether (sulfide) groups is 1. The predicted octanol–water partition coefficient (Wildman–Crippen LogP) is 2.56. The summed E-state index contributed by atoms with van der Waals surface area (Å²) >= 11 is 1.87. The Labute approximate surface area is 90.3 Å². The van der Waals surface area contributed by atoms with E-state index in [-0.39, 0.29) is 0 Å². The fraction of sp³-hybridized carbons (Fsp3) is 0.455. The molecular weight excluding hydrogens is 192 g/mol. The van der Waals surface area contributed by atoms with Gasteiger partial charge in [-0.2, -0.15) is 0 Å². The van der Waals surface area contributed by atoms with Crippen LogP contribution in [-0.4, -0.2) is 18.3 Å². The van der Waals surface area contributed by atoms with Crippen molar-refractivity contribution in [2.75, 3.05) is 18.4 Å². The minimum absolute atomic E-state index is 0.607. The molecule has 0 amide bonds. The van der Waals surface area contributed by atoms with Crippen LogP contribution in [-0.2, 0) is 0 Å². The Morgan fingerprint density at radius 2 is 2.07 bits per heavy atom. The number of rotatable bonds is 5. The summed E-state index contributed by atoms with van der Waals surface area (Å²) in [6, 6.07) is 8.35. The third kappa shape index (κ3) is 3.60. The zero-order valence-corrected chi connectivity index (χ0v) is 9.60. The zero-order valence-electron chi connectivity index (χ0n) is 8.79. The highest BCUT2D eigenvalue weighted by atomic mass is 32.2. The normalized spacial score (nSPS) is 10.6. The molecule has 1 aromatic carbocycles. The summed E-state index contributed by atoms with van der Waals surface area (Å²) in [5.41, 5.74) is 6.65. The van der Waals surface area contributed by atoms with Crippen molar-refractivity contribution in [3.63, 3.8) is 0 Å². The van der Waals surface area contributed by atoms with Crippen LogP contribution in [0.2, 0.25) is 0 Å². The summed E-state index contributed by atoms with van der Waals surface area (Å²) < 4.78 is 0. The van der Waals surface area contributed by atoms with Gasteiger partial charge in [-0.25, -0.2) is 0 Å². The van der Waals surface area contributed by atoms with Gasteiger partial charge in [-0.05, 0) is 12.1 Å². The predicted molar refractivity (Wildman–Crippen MR) is 65.0 cm³/mol. The van der Waals surface area contributed by atoms with Crippen LogP contribution in [0.3, 0.4) is 0 Å². The van der Waals surface area contributed by atoms with E-state index in [1.807, 2.05) is 17.8 Å².